The quantitative estimate of drug-likeness (QED) is 0.943. The standard InChI is InChI=1S/C11H12BrFN4/c1-14-11(10-6-15-16-17(10)2)7-3-4-9(13)8(12)5-7/h3-6,11,14H,1-2H3. The zero-order valence-corrected chi connectivity index (χ0v) is 11.1. The number of nitrogens with one attached hydrogen (secondary N) is 1. The molecule has 0 radical (unpaired) electrons. The number of aryl methyl sites for hydroxylation is 1. The summed E-state index contributed by atoms with van der Waals surface area (Å²) in [5.41, 5.74) is 1.87. The molecule has 1 heterocycles. The molecule has 90 valence electrons. The number of nitrogens with zero attached hydrogens (tertiary/aromatic N) is 3. The van der Waals surface area contributed by atoms with Gasteiger partial charge in [0.25, 0.3) is 0 Å². The van der Waals surface area contributed by atoms with E-state index in [1.54, 1.807) is 23.0 Å². The molecule has 1 N–H and O–H groups in total. The molecular formula is C11H12BrFN4. The van der Waals surface area contributed by atoms with Crippen molar-refractivity contribution in [3.63, 3.8) is 0 Å². The van der Waals surface area contributed by atoms with Gasteiger partial charge >= 0.3 is 0 Å². The van der Waals surface area contributed by atoms with Crippen LogP contribution in [0.4, 0.5) is 4.39 Å². The minimum absolute atomic E-state index is 0.0631. The number of rotatable bonds is 3. The van der Waals surface area contributed by atoms with Crippen LogP contribution in [0.5, 0.6) is 0 Å². The van der Waals surface area contributed by atoms with E-state index in [2.05, 4.69) is 31.6 Å². The van der Waals surface area contributed by atoms with Gasteiger partial charge in [0.05, 0.1) is 22.4 Å². The fourth-order valence-electron chi connectivity index (χ4n) is 1.74. The highest BCUT2D eigenvalue weighted by Crippen LogP contribution is 2.25. The number of hydrogen-bond acceptors (Lipinski definition) is 3. The number of benzene rings is 1. The minimum Gasteiger partial charge on any atom is -0.308 e. The topological polar surface area (TPSA) is 42.7 Å². The van der Waals surface area contributed by atoms with Crippen LogP contribution >= 0.6 is 15.9 Å². The van der Waals surface area contributed by atoms with E-state index in [1.165, 1.54) is 6.07 Å². The van der Waals surface area contributed by atoms with Crippen LogP contribution in [-0.2, 0) is 7.05 Å². The lowest BCUT2D eigenvalue weighted by Gasteiger charge is -2.16. The molecule has 1 aromatic carbocycles. The van der Waals surface area contributed by atoms with Crippen molar-refractivity contribution in [3.8, 4) is 0 Å². The zero-order valence-electron chi connectivity index (χ0n) is 9.48. The van der Waals surface area contributed by atoms with Gasteiger partial charge in [-0.1, -0.05) is 11.3 Å². The van der Waals surface area contributed by atoms with Gasteiger partial charge in [0, 0.05) is 7.05 Å². The second-order valence-electron chi connectivity index (χ2n) is 3.68. The third-order valence-electron chi connectivity index (χ3n) is 2.61. The summed E-state index contributed by atoms with van der Waals surface area (Å²) < 4.78 is 15.3. The van der Waals surface area contributed by atoms with Crippen molar-refractivity contribution in [1.29, 1.82) is 0 Å². The second kappa shape index (κ2) is 4.93. The molecule has 1 aromatic heterocycles. The molecule has 17 heavy (non-hydrogen) atoms. The Kier molecular flexibility index (Phi) is 3.54. The average molecular weight is 299 g/mol. The molecule has 1 atom stereocenters. The Morgan fingerprint density at radius 1 is 1.47 bits per heavy atom. The van der Waals surface area contributed by atoms with Gasteiger partial charge in [-0.25, -0.2) is 4.39 Å². The van der Waals surface area contributed by atoms with Crippen LogP contribution in [0.25, 0.3) is 0 Å². The molecule has 0 aliphatic heterocycles. The van der Waals surface area contributed by atoms with Gasteiger partial charge in [0.15, 0.2) is 0 Å². The maximum Gasteiger partial charge on any atom is 0.137 e. The largest absolute Gasteiger partial charge is 0.308 e. The molecule has 0 bridgehead atoms. The molecule has 0 amide bonds. The van der Waals surface area contributed by atoms with E-state index in [0.717, 1.165) is 11.3 Å². The Hall–Kier alpha value is -1.27. The highest BCUT2D eigenvalue weighted by molar-refractivity contribution is 9.10. The molecule has 0 aliphatic rings. The summed E-state index contributed by atoms with van der Waals surface area (Å²) in [6.07, 6.45) is 1.69. The van der Waals surface area contributed by atoms with Crippen LogP contribution < -0.4 is 5.32 Å². The highest BCUT2D eigenvalue weighted by atomic mass is 79.9. The van der Waals surface area contributed by atoms with Crippen molar-refractivity contribution in [2.75, 3.05) is 7.05 Å². The fourth-order valence-corrected chi connectivity index (χ4v) is 2.13. The first-order chi connectivity index (χ1) is 8.13. The van der Waals surface area contributed by atoms with Crippen molar-refractivity contribution >= 4 is 15.9 Å². The second-order valence-corrected chi connectivity index (χ2v) is 4.53. The summed E-state index contributed by atoms with van der Waals surface area (Å²) >= 11 is 3.18. The van der Waals surface area contributed by atoms with Gasteiger partial charge in [-0.2, -0.15) is 0 Å². The molecule has 1 unspecified atom stereocenters. The fraction of sp³-hybridized carbons (Fsp3) is 0.273. The maximum atomic E-state index is 13.2. The first kappa shape index (κ1) is 12.2. The van der Waals surface area contributed by atoms with Crippen molar-refractivity contribution in [2.45, 2.75) is 6.04 Å². The van der Waals surface area contributed by atoms with Crippen LogP contribution in [0.1, 0.15) is 17.3 Å². The molecule has 2 rings (SSSR count). The maximum absolute atomic E-state index is 13.2. The van der Waals surface area contributed by atoms with E-state index in [1.807, 2.05) is 14.1 Å². The van der Waals surface area contributed by atoms with E-state index < -0.39 is 0 Å². The van der Waals surface area contributed by atoms with Crippen LogP contribution in [0.15, 0.2) is 28.9 Å². The van der Waals surface area contributed by atoms with E-state index >= 15 is 0 Å². The summed E-state index contributed by atoms with van der Waals surface area (Å²) in [5.74, 6) is -0.272. The highest BCUT2D eigenvalue weighted by Gasteiger charge is 2.17. The third-order valence-corrected chi connectivity index (χ3v) is 3.22. The van der Waals surface area contributed by atoms with Gasteiger partial charge in [-0.05, 0) is 40.7 Å². The third kappa shape index (κ3) is 2.37. The van der Waals surface area contributed by atoms with Crippen molar-refractivity contribution in [1.82, 2.24) is 20.3 Å². The number of hydrogen-bond donors (Lipinski definition) is 1. The molecule has 0 aliphatic carbocycles. The SMILES string of the molecule is CNC(c1ccc(F)c(Br)c1)c1cnnn1C. The van der Waals surface area contributed by atoms with Crippen LogP contribution in [0, 0.1) is 5.82 Å². The van der Waals surface area contributed by atoms with Crippen molar-refractivity contribution in [2.24, 2.45) is 7.05 Å². The van der Waals surface area contributed by atoms with Crippen molar-refractivity contribution in [3.05, 3.63) is 45.9 Å². The molecular weight excluding hydrogens is 287 g/mol. The summed E-state index contributed by atoms with van der Waals surface area (Å²) in [5, 5.41) is 10.9. The smallest absolute Gasteiger partial charge is 0.137 e. The zero-order chi connectivity index (χ0) is 12.4. The van der Waals surface area contributed by atoms with Crippen molar-refractivity contribution < 1.29 is 4.39 Å². The van der Waals surface area contributed by atoms with Gasteiger partial charge < -0.3 is 5.32 Å². The van der Waals surface area contributed by atoms with Crippen LogP contribution in [-0.4, -0.2) is 22.0 Å². The van der Waals surface area contributed by atoms with E-state index in [4.69, 9.17) is 0 Å². The first-order valence-corrected chi connectivity index (χ1v) is 5.89. The normalized spacial score (nSPS) is 12.7. The molecule has 6 heteroatoms. The Morgan fingerprint density at radius 3 is 2.76 bits per heavy atom. The monoisotopic (exact) mass is 298 g/mol. The average Bonchev–Trinajstić information content (AvgIpc) is 2.71. The van der Waals surface area contributed by atoms with E-state index in [0.29, 0.717) is 4.47 Å². The summed E-state index contributed by atoms with van der Waals surface area (Å²) in [7, 11) is 3.67. The van der Waals surface area contributed by atoms with Gasteiger partial charge in [0.2, 0.25) is 0 Å². The lowest BCUT2D eigenvalue weighted by Crippen LogP contribution is -2.20. The first-order valence-electron chi connectivity index (χ1n) is 5.10. The van der Waals surface area contributed by atoms with Crippen LogP contribution in [0.2, 0.25) is 0 Å². The Morgan fingerprint density at radius 2 is 2.24 bits per heavy atom. The van der Waals surface area contributed by atoms with Gasteiger partial charge in [-0.15, -0.1) is 5.10 Å². The van der Waals surface area contributed by atoms with Gasteiger partial charge in [0.1, 0.15) is 5.82 Å². The van der Waals surface area contributed by atoms with E-state index in [9.17, 15) is 4.39 Å². The summed E-state index contributed by atoms with van der Waals surface area (Å²) in [4.78, 5) is 0. The molecule has 2 aromatic rings. The number of halogens is 2. The molecule has 0 saturated heterocycles. The Bertz CT molecular complexity index is 526. The summed E-state index contributed by atoms with van der Waals surface area (Å²) in [6, 6.07) is 4.87. The molecule has 0 spiro atoms. The van der Waals surface area contributed by atoms with Gasteiger partial charge in [-0.3, -0.25) is 4.68 Å². The summed E-state index contributed by atoms with van der Waals surface area (Å²) in [6.45, 7) is 0. The van der Waals surface area contributed by atoms with E-state index in [-0.39, 0.29) is 11.9 Å². The molecule has 0 saturated carbocycles. The predicted molar refractivity (Wildman–Crippen MR) is 66.0 cm³/mol. The molecule has 0 fully saturated rings. The molecule has 4 nitrogen and oxygen atoms in total. The number of aromatic nitrogens is 3. The van der Waals surface area contributed by atoms with Crippen LogP contribution in [0.3, 0.4) is 0 Å². The lowest BCUT2D eigenvalue weighted by molar-refractivity contribution is 0.591. The lowest BCUT2D eigenvalue weighted by atomic mass is 10.0. The predicted octanol–water partition coefficient (Wildman–Crippen LogP) is 2.03. The minimum atomic E-state index is -0.272. The Labute approximate surface area is 107 Å². The Balaban J connectivity index is 2.42.